The van der Waals surface area contributed by atoms with Gasteiger partial charge in [-0.15, -0.1) is 0 Å². The van der Waals surface area contributed by atoms with Crippen LogP contribution in [0, 0.1) is 11.8 Å². The van der Waals surface area contributed by atoms with Gasteiger partial charge in [-0.1, -0.05) is 37.6 Å². The van der Waals surface area contributed by atoms with Gasteiger partial charge < -0.3 is 18.9 Å². The minimum absolute atomic E-state index is 0.196. The number of allylic oxidation sites excluding steroid dienone is 1. The van der Waals surface area contributed by atoms with Gasteiger partial charge >= 0.3 is 6.18 Å². The summed E-state index contributed by atoms with van der Waals surface area (Å²) in [6, 6.07) is 4.92. The van der Waals surface area contributed by atoms with Crippen LogP contribution in [0.15, 0.2) is 36.4 Å². The molecule has 2 heterocycles. The first-order chi connectivity index (χ1) is 14.0. The lowest BCUT2D eigenvalue weighted by atomic mass is 10.0. The quantitative estimate of drug-likeness (QED) is 0.553. The Kier molecular flexibility index (Phi) is 8.12. The Bertz CT molecular complexity index is 628. The number of alkyl halides is 3. The van der Waals surface area contributed by atoms with Gasteiger partial charge in [0.1, 0.15) is 0 Å². The summed E-state index contributed by atoms with van der Waals surface area (Å²) < 4.78 is 61.0. The van der Waals surface area contributed by atoms with Crippen LogP contribution >= 0.6 is 0 Å². The number of halogens is 3. The van der Waals surface area contributed by atoms with Gasteiger partial charge in [0, 0.05) is 17.4 Å². The second kappa shape index (κ2) is 10.6. The Morgan fingerprint density at radius 3 is 2.17 bits per heavy atom. The molecule has 0 saturated carbocycles. The highest BCUT2D eigenvalue weighted by Crippen LogP contribution is 2.32. The van der Waals surface area contributed by atoms with Crippen molar-refractivity contribution in [1.82, 2.24) is 0 Å². The summed E-state index contributed by atoms with van der Waals surface area (Å²) in [6.07, 6.45) is 3.03. The lowest BCUT2D eigenvalue weighted by molar-refractivity contribution is -0.217. The lowest BCUT2D eigenvalue weighted by Gasteiger charge is -2.32. The highest BCUT2D eigenvalue weighted by Gasteiger charge is 2.31. The van der Waals surface area contributed by atoms with Crippen LogP contribution in [0.1, 0.15) is 50.0 Å². The number of hydrogen-bond acceptors (Lipinski definition) is 4. The number of unbranched alkanes of at least 4 members (excludes halogenated alkanes) is 1. The second-order valence-corrected chi connectivity index (χ2v) is 7.63. The minimum Gasteiger partial charge on any atom is -0.352 e. The van der Waals surface area contributed by atoms with Gasteiger partial charge in [0.05, 0.1) is 32.0 Å². The highest BCUT2D eigenvalue weighted by atomic mass is 19.4. The molecule has 0 spiro atoms. The van der Waals surface area contributed by atoms with Gasteiger partial charge in [0.15, 0.2) is 12.6 Å². The number of ether oxygens (including phenoxy) is 4. The smallest absolute Gasteiger partial charge is 0.352 e. The fraction of sp³-hybridized carbons (Fsp3) is 0.636. The van der Waals surface area contributed by atoms with E-state index < -0.39 is 18.0 Å². The van der Waals surface area contributed by atoms with Gasteiger partial charge in [-0.2, -0.15) is 13.2 Å². The molecule has 0 unspecified atom stereocenters. The maximum absolute atomic E-state index is 12.7. The van der Waals surface area contributed by atoms with Gasteiger partial charge in [-0.3, -0.25) is 0 Å². The average molecular weight is 414 g/mol. The monoisotopic (exact) mass is 414 g/mol. The summed E-state index contributed by atoms with van der Waals surface area (Å²) in [7, 11) is 0. The van der Waals surface area contributed by atoms with Gasteiger partial charge in [0.25, 0.3) is 0 Å². The zero-order chi connectivity index (χ0) is 20.7. The highest BCUT2D eigenvalue weighted by molar-refractivity contribution is 5.25. The minimum atomic E-state index is -4.34. The van der Waals surface area contributed by atoms with E-state index in [9.17, 15) is 13.2 Å². The fourth-order valence-corrected chi connectivity index (χ4v) is 3.39. The van der Waals surface area contributed by atoms with Crippen LogP contribution in [0.2, 0.25) is 0 Å². The predicted octanol–water partition coefficient (Wildman–Crippen LogP) is 5.49. The Balaban J connectivity index is 1.35. The first-order valence-corrected chi connectivity index (χ1v) is 10.3. The van der Waals surface area contributed by atoms with E-state index in [1.807, 2.05) is 0 Å². The van der Waals surface area contributed by atoms with Crippen molar-refractivity contribution in [3.63, 3.8) is 0 Å². The molecule has 1 aromatic rings. The summed E-state index contributed by atoms with van der Waals surface area (Å²) in [4.78, 5) is 0. The van der Waals surface area contributed by atoms with Crippen molar-refractivity contribution < 1.29 is 32.1 Å². The molecular weight excluding hydrogens is 385 g/mol. The van der Waals surface area contributed by atoms with Crippen molar-refractivity contribution in [2.24, 2.45) is 11.8 Å². The number of hydrogen-bond donors (Lipinski definition) is 0. The van der Waals surface area contributed by atoms with E-state index in [1.165, 1.54) is 12.1 Å². The molecule has 0 aromatic heterocycles. The van der Waals surface area contributed by atoms with E-state index >= 15 is 0 Å². The summed E-state index contributed by atoms with van der Waals surface area (Å²) in [5.74, 6) is 0.540. The second-order valence-electron chi connectivity index (χ2n) is 7.63. The molecule has 3 rings (SSSR count). The molecule has 7 heteroatoms. The standard InChI is InChI=1S/C22H29F3O4/c1-2-3-4-5-16-12-26-20(27-13-16)11-6-17-14-28-21(29-15-17)18-7-9-19(10-8-18)22(23,24)25/h4-5,7-10,16-17,20-21H,2-3,6,11-15H2,1H3/b5-4+/t16-,17?,20-,21?. The Hall–Kier alpha value is -1.41. The van der Waals surface area contributed by atoms with Crippen LogP contribution in [0.5, 0.6) is 0 Å². The predicted molar refractivity (Wildman–Crippen MR) is 102 cm³/mol. The lowest BCUT2D eigenvalue weighted by Crippen LogP contribution is -2.33. The molecular formula is C22H29F3O4. The average Bonchev–Trinajstić information content (AvgIpc) is 2.73. The van der Waals surface area contributed by atoms with Crippen molar-refractivity contribution in [2.75, 3.05) is 26.4 Å². The van der Waals surface area contributed by atoms with Crippen molar-refractivity contribution in [3.05, 3.63) is 47.5 Å². The van der Waals surface area contributed by atoms with Gasteiger partial charge in [-0.05, 0) is 31.4 Å². The molecule has 2 aliphatic heterocycles. The topological polar surface area (TPSA) is 36.9 Å². The van der Waals surface area contributed by atoms with E-state index in [2.05, 4.69) is 19.1 Å². The molecule has 0 N–H and O–H groups in total. The zero-order valence-electron chi connectivity index (χ0n) is 16.7. The Morgan fingerprint density at radius 1 is 0.931 bits per heavy atom. The van der Waals surface area contributed by atoms with Crippen LogP contribution in [0.25, 0.3) is 0 Å². The molecule has 0 radical (unpaired) electrons. The summed E-state index contributed by atoms with van der Waals surface area (Å²) in [5, 5.41) is 0. The Labute approximate surface area is 170 Å². The van der Waals surface area contributed by atoms with Crippen molar-refractivity contribution in [1.29, 1.82) is 0 Å². The van der Waals surface area contributed by atoms with Crippen LogP contribution in [0.4, 0.5) is 13.2 Å². The summed E-state index contributed by atoms with van der Waals surface area (Å²) in [5.41, 5.74) is -0.0805. The first-order valence-electron chi connectivity index (χ1n) is 10.3. The summed E-state index contributed by atoms with van der Waals surface area (Å²) in [6.45, 7) is 4.51. The normalized spacial score (nSPS) is 28.7. The van der Waals surface area contributed by atoms with E-state index in [1.54, 1.807) is 0 Å². The third-order valence-electron chi connectivity index (χ3n) is 5.14. The Morgan fingerprint density at radius 2 is 1.59 bits per heavy atom. The zero-order valence-corrected chi connectivity index (χ0v) is 16.7. The maximum Gasteiger partial charge on any atom is 0.416 e. The first kappa shape index (κ1) is 22.3. The third-order valence-corrected chi connectivity index (χ3v) is 5.14. The van der Waals surface area contributed by atoms with E-state index in [0.29, 0.717) is 37.9 Å². The molecule has 4 nitrogen and oxygen atoms in total. The molecule has 162 valence electrons. The molecule has 1 aromatic carbocycles. The SMILES string of the molecule is CCC/C=C/[C@H]1CO[C@H](CCC2COC(c3ccc(C(F)(F)F)cc3)OC2)OC1. The maximum atomic E-state index is 12.7. The van der Waals surface area contributed by atoms with Crippen molar-refractivity contribution in [3.8, 4) is 0 Å². The van der Waals surface area contributed by atoms with E-state index in [4.69, 9.17) is 18.9 Å². The molecule has 2 aliphatic rings. The molecule has 0 amide bonds. The van der Waals surface area contributed by atoms with Gasteiger partial charge in [-0.25, -0.2) is 0 Å². The van der Waals surface area contributed by atoms with E-state index in [-0.39, 0.29) is 12.2 Å². The summed E-state index contributed by atoms with van der Waals surface area (Å²) >= 11 is 0. The number of benzene rings is 1. The molecule has 2 fully saturated rings. The third kappa shape index (κ3) is 6.81. The van der Waals surface area contributed by atoms with Crippen molar-refractivity contribution in [2.45, 2.75) is 51.4 Å². The van der Waals surface area contributed by atoms with Crippen molar-refractivity contribution >= 4 is 0 Å². The molecule has 2 saturated heterocycles. The number of rotatable bonds is 7. The molecule has 0 aliphatic carbocycles. The molecule has 0 atom stereocenters. The van der Waals surface area contributed by atoms with E-state index in [0.717, 1.165) is 37.8 Å². The van der Waals surface area contributed by atoms with Crippen LogP contribution < -0.4 is 0 Å². The largest absolute Gasteiger partial charge is 0.416 e. The fourth-order valence-electron chi connectivity index (χ4n) is 3.39. The van der Waals surface area contributed by atoms with Crippen LogP contribution in [0.3, 0.4) is 0 Å². The molecule has 29 heavy (non-hydrogen) atoms. The van der Waals surface area contributed by atoms with Crippen LogP contribution in [-0.2, 0) is 25.1 Å². The van der Waals surface area contributed by atoms with Crippen LogP contribution in [-0.4, -0.2) is 32.7 Å². The van der Waals surface area contributed by atoms with Gasteiger partial charge in [0.2, 0.25) is 0 Å². The molecule has 0 bridgehead atoms.